The van der Waals surface area contributed by atoms with Gasteiger partial charge in [0.1, 0.15) is 0 Å². The lowest BCUT2D eigenvalue weighted by Gasteiger charge is -2.16. The molecule has 0 saturated heterocycles. The molecule has 1 heterocycles. The largest absolute Gasteiger partial charge is 0.345 e. The molecule has 0 aliphatic rings. The van der Waals surface area contributed by atoms with Gasteiger partial charge in [-0.05, 0) is 46.6 Å². The molecule has 0 saturated carbocycles. The molecule has 110 valence electrons. The minimum Gasteiger partial charge on any atom is -0.345 e. The van der Waals surface area contributed by atoms with E-state index in [-0.39, 0.29) is 11.9 Å². The highest BCUT2D eigenvalue weighted by atomic mass is 79.9. The van der Waals surface area contributed by atoms with E-state index in [2.05, 4.69) is 47.6 Å². The molecule has 0 bridgehead atoms. The third-order valence-corrected chi connectivity index (χ3v) is 3.86. The fourth-order valence-corrected chi connectivity index (χ4v) is 2.61. The van der Waals surface area contributed by atoms with E-state index in [0.717, 1.165) is 10.0 Å². The van der Waals surface area contributed by atoms with Gasteiger partial charge >= 0.3 is 0 Å². The van der Waals surface area contributed by atoms with Crippen molar-refractivity contribution in [2.24, 2.45) is 5.84 Å². The van der Waals surface area contributed by atoms with E-state index >= 15 is 0 Å². The first-order valence-electron chi connectivity index (χ1n) is 6.19. The van der Waals surface area contributed by atoms with Crippen LogP contribution in [-0.4, -0.2) is 10.9 Å². The quantitative estimate of drug-likeness (QED) is 0.530. The Kier molecular flexibility index (Phi) is 5.33. The first-order valence-corrected chi connectivity index (χ1v) is 7.78. The molecule has 0 spiro atoms. The average Bonchev–Trinajstić information content (AvgIpc) is 2.47. The Morgan fingerprint density at radius 3 is 2.71 bits per heavy atom. The first kappa shape index (κ1) is 15.9. The van der Waals surface area contributed by atoms with Crippen LogP contribution in [0.4, 0.5) is 5.82 Å². The zero-order valence-electron chi connectivity index (χ0n) is 11.2. The number of nitrogens with one attached hydrogen (secondary N) is 2. The van der Waals surface area contributed by atoms with E-state index in [0.29, 0.717) is 15.9 Å². The Balaban J connectivity index is 2.20. The van der Waals surface area contributed by atoms with Gasteiger partial charge in [-0.3, -0.25) is 4.79 Å². The topological polar surface area (TPSA) is 80.0 Å². The Morgan fingerprint density at radius 1 is 1.29 bits per heavy atom. The Hall–Kier alpha value is -1.44. The summed E-state index contributed by atoms with van der Waals surface area (Å²) < 4.78 is 1.68. The van der Waals surface area contributed by atoms with Crippen LogP contribution in [0.15, 0.2) is 45.5 Å². The van der Waals surface area contributed by atoms with Crippen molar-refractivity contribution >= 4 is 43.6 Å². The molecule has 1 atom stereocenters. The van der Waals surface area contributed by atoms with E-state index in [1.807, 2.05) is 31.2 Å². The number of aromatic nitrogens is 1. The number of rotatable bonds is 4. The molecule has 0 aliphatic heterocycles. The number of pyridine rings is 1. The summed E-state index contributed by atoms with van der Waals surface area (Å²) in [6.45, 7) is 1.92. The summed E-state index contributed by atoms with van der Waals surface area (Å²) in [5.41, 5.74) is 3.81. The summed E-state index contributed by atoms with van der Waals surface area (Å²) in [6, 6.07) is 9.32. The monoisotopic (exact) mass is 412 g/mol. The first-order chi connectivity index (χ1) is 10.0. The van der Waals surface area contributed by atoms with Crippen LogP contribution >= 0.6 is 31.9 Å². The van der Waals surface area contributed by atoms with Crippen LogP contribution in [0.25, 0.3) is 0 Å². The number of carbonyl (C=O) groups excluding carboxylic acids is 1. The van der Waals surface area contributed by atoms with Crippen LogP contribution in [0.5, 0.6) is 0 Å². The average molecular weight is 414 g/mol. The van der Waals surface area contributed by atoms with Gasteiger partial charge in [0.2, 0.25) is 0 Å². The maximum absolute atomic E-state index is 12.4. The second-order valence-corrected chi connectivity index (χ2v) is 6.28. The fourth-order valence-electron chi connectivity index (χ4n) is 1.86. The summed E-state index contributed by atoms with van der Waals surface area (Å²) in [5, 5.41) is 2.93. The van der Waals surface area contributed by atoms with Crippen molar-refractivity contribution < 1.29 is 4.79 Å². The third-order valence-electron chi connectivity index (χ3n) is 2.93. The summed E-state index contributed by atoms with van der Waals surface area (Å²) in [5.74, 6) is 5.47. The van der Waals surface area contributed by atoms with Gasteiger partial charge in [0.15, 0.2) is 5.82 Å². The van der Waals surface area contributed by atoms with Gasteiger partial charge < -0.3 is 10.7 Å². The van der Waals surface area contributed by atoms with Gasteiger partial charge in [-0.15, -0.1) is 0 Å². The molecule has 0 aliphatic carbocycles. The highest BCUT2D eigenvalue weighted by molar-refractivity contribution is 9.10. The fraction of sp³-hybridized carbons (Fsp3) is 0.143. The van der Waals surface area contributed by atoms with Gasteiger partial charge in [0.25, 0.3) is 5.91 Å². The normalized spacial score (nSPS) is 11.8. The second-order valence-electron chi connectivity index (χ2n) is 4.44. The predicted molar refractivity (Wildman–Crippen MR) is 89.8 cm³/mol. The lowest BCUT2D eigenvalue weighted by atomic mass is 10.1. The second kappa shape index (κ2) is 7.02. The molecule has 1 aromatic carbocycles. The molecule has 2 rings (SSSR count). The standard InChI is InChI=1S/C14H14Br2N4O/c1-8(9-3-2-4-10(15)5-9)19-14(21)12-6-11(16)7-18-13(12)20-17/h2-8H,17H2,1H3,(H,18,20)(H,19,21). The molecular weight excluding hydrogens is 400 g/mol. The Labute approximate surface area is 139 Å². The van der Waals surface area contributed by atoms with Gasteiger partial charge in [-0.1, -0.05) is 28.1 Å². The summed E-state index contributed by atoms with van der Waals surface area (Å²) in [7, 11) is 0. The van der Waals surface area contributed by atoms with Crippen LogP contribution < -0.4 is 16.6 Å². The number of hydrazine groups is 1. The summed E-state index contributed by atoms with van der Waals surface area (Å²) in [6.07, 6.45) is 1.57. The van der Waals surface area contributed by atoms with Crippen molar-refractivity contribution in [2.75, 3.05) is 5.43 Å². The zero-order chi connectivity index (χ0) is 15.4. The lowest BCUT2D eigenvalue weighted by Crippen LogP contribution is -2.28. The molecule has 1 amide bonds. The van der Waals surface area contributed by atoms with Crippen LogP contribution in [0.3, 0.4) is 0 Å². The van der Waals surface area contributed by atoms with Crippen LogP contribution in [-0.2, 0) is 0 Å². The number of nitrogens with zero attached hydrogens (tertiary/aromatic N) is 1. The molecule has 4 N–H and O–H groups in total. The van der Waals surface area contributed by atoms with E-state index < -0.39 is 0 Å². The number of hydrogen-bond acceptors (Lipinski definition) is 4. The minimum absolute atomic E-state index is 0.139. The molecule has 1 aromatic heterocycles. The Morgan fingerprint density at radius 2 is 2.05 bits per heavy atom. The number of hydrogen-bond donors (Lipinski definition) is 3. The predicted octanol–water partition coefficient (Wildman–Crippen LogP) is 3.38. The molecule has 2 aromatic rings. The molecule has 1 unspecified atom stereocenters. The number of anilines is 1. The van der Waals surface area contributed by atoms with Gasteiger partial charge in [0, 0.05) is 15.1 Å². The number of halogens is 2. The van der Waals surface area contributed by atoms with Crippen LogP contribution in [0.1, 0.15) is 28.9 Å². The minimum atomic E-state index is -0.246. The summed E-state index contributed by atoms with van der Waals surface area (Å²) >= 11 is 6.72. The number of nitrogens with two attached hydrogens (primary N) is 1. The number of amides is 1. The van der Waals surface area contributed by atoms with Crippen molar-refractivity contribution in [3.8, 4) is 0 Å². The highest BCUT2D eigenvalue weighted by Crippen LogP contribution is 2.21. The van der Waals surface area contributed by atoms with Gasteiger partial charge in [-0.2, -0.15) is 0 Å². The van der Waals surface area contributed by atoms with Crippen molar-refractivity contribution in [1.82, 2.24) is 10.3 Å². The van der Waals surface area contributed by atoms with Gasteiger partial charge in [0.05, 0.1) is 11.6 Å². The highest BCUT2D eigenvalue weighted by Gasteiger charge is 2.16. The lowest BCUT2D eigenvalue weighted by molar-refractivity contribution is 0.0940. The summed E-state index contributed by atoms with van der Waals surface area (Å²) in [4.78, 5) is 16.4. The van der Waals surface area contributed by atoms with Gasteiger partial charge in [-0.25, -0.2) is 10.8 Å². The van der Waals surface area contributed by atoms with Crippen molar-refractivity contribution in [1.29, 1.82) is 0 Å². The number of nitrogen functional groups attached to an aromatic ring is 1. The molecule has 21 heavy (non-hydrogen) atoms. The van der Waals surface area contributed by atoms with E-state index in [9.17, 15) is 4.79 Å². The molecule has 7 heteroatoms. The van der Waals surface area contributed by atoms with Crippen molar-refractivity contribution in [3.63, 3.8) is 0 Å². The zero-order valence-corrected chi connectivity index (χ0v) is 14.4. The smallest absolute Gasteiger partial charge is 0.255 e. The van der Waals surface area contributed by atoms with E-state index in [1.54, 1.807) is 12.3 Å². The molecule has 0 radical (unpaired) electrons. The van der Waals surface area contributed by atoms with Crippen LogP contribution in [0.2, 0.25) is 0 Å². The maximum Gasteiger partial charge on any atom is 0.255 e. The number of carbonyl (C=O) groups is 1. The third kappa shape index (κ3) is 4.03. The Bertz CT molecular complexity index is 663. The maximum atomic E-state index is 12.4. The number of benzene rings is 1. The van der Waals surface area contributed by atoms with Crippen molar-refractivity contribution in [2.45, 2.75) is 13.0 Å². The SMILES string of the molecule is CC(NC(=O)c1cc(Br)cnc1NN)c1cccc(Br)c1. The van der Waals surface area contributed by atoms with E-state index in [4.69, 9.17) is 5.84 Å². The van der Waals surface area contributed by atoms with Crippen LogP contribution in [0, 0.1) is 0 Å². The van der Waals surface area contributed by atoms with Crippen molar-refractivity contribution in [3.05, 3.63) is 56.6 Å². The van der Waals surface area contributed by atoms with E-state index in [1.165, 1.54) is 0 Å². The molecule has 0 fully saturated rings. The molecule has 5 nitrogen and oxygen atoms in total. The molecular formula is C14H14Br2N4O.